The number of rotatable bonds is 5. The minimum atomic E-state index is 0.0000781. The maximum absolute atomic E-state index is 11.9. The van der Waals surface area contributed by atoms with Crippen LogP contribution in [0.3, 0.4) is 0 Å². The molecule has 0 aliphatic carbocycles. The van der Waals surface area contributed by atoms with Gasteiger partial charge in [-0.05, 0) is 25.1 Å². The second-order valence-corrected chi connectivity index (χ2v) is 5.08. The van der Waals surface area contributed by atoms with E-state index in [4.69, 9.17) is 4.74 Å². The second-order valence-electron chi connectivity index (χ2n) is 5.08. The maximum Gasteiger partial charge on any atom is 0.224 e. The number of hydrogen-bond acceptors (Lipinski definition) is 3. The van der Waals surface area contributed by atoms with E-state index < -0.39 is 0 Å². The smallest absolute Gasteiger partial charge is 0.224 e. The molecule has 1 heterocycles. The molecule has 19 heavy (non-hydrogen) atoms. The van der Waals surface area contributed by atoms with E-state index in [1.54, 1.807) is 0 Å². The van der Waals surface area contributed by atoms with Crippen molar-refractivity contribution in [3.63, 3.8) is 0 Å². The molecule has 0 fully saturated rings. The van der Waals surface area contributed by atoms with Crippen molar-refractivity contribution >= 4 is 5.91 Å². The Morgan fingerprint density at radius 3 is 3.05 bits per heavy atom. The largest absolute Gasteiger partial charge is 0.493 e. The summed E-state index contributed by atoms with van der Waals surface area (Å²) < 4.78 is 5.62. The van der Waals surface area contributed by atoms with Gasteiger partial charge in [0.1, 0.15) is 5.75 Å². The van der Waals surface area contributed by atoms with Crippen LogP contribution in [0, 0.1) is 5.92 Å². The fourth-order valence-electron chi connectivity index (χ4n) is 2.42. The molecule has 2 N–H and O–H groups in total. The maximum atomic E-state index is 11.9. The van der Waals surface area contributed by atoms with Crippen LogP contribution in [-0.4, -0.2) is 32.7 Å². The Morgan fingerprint density at radius 2 is 2.26 bits per heavy atom. The summed E-state index contributed by atoms with van der Waals surface area (Å²) in [6.45, 7) is 4.05. The summed E-state index contributed by atoms with van der Waals surface area (Å²) in [6, 6.07) is 8.08. The Labute approximate surface area is 114 Å². The number of ether oxygens (including phenoxy) is 1. The van der Waals surface area contributed by atoms with Crippen LogP contribution in [0.1, 0.15) is 24.8 Å². The first-order chi connectivity index (χ1) is 9.22. The lowest BCUT2D eigenvalue weighted by Crippen LogP contribution is -2.37. The summed E-state index contributed by atoms with van der Waals surface area (Å²) in [7, 11) is 1.86. The van der Waals surface area contributed by atoms with Crippen molar-refractivity contribution < 1.29 is 9.53 Å². The molecular weight excluding hydrogens is 240 g/mol. The van der Waals surface area contributed by atoms with Gasteiger partial charge >= 0.3 is 0 Å². The highest BCUT2D eigenvalue weighted by atomic mass is 16.5. The SMILES string of the molecule is CNCC(C)C(=O)NCC1CCOc2ccccc21. The van der Waals surface area contributed by atoms with Gasteiger partial charge in [0.2, 0.25) is 5.91 Å². The second kappa shape index (κ2) is 6.57. The van der Waals surface area contributed by atoms with E-state index >= 15 is 0 Å². The lowest BCUT2D eigenvalue weighted by atomic mass is 9.93. The molecule has 2 atom stereocenters. The molecular formula is C15H22N2O2. The zero-order chi connectivity index (χ0) is 13.7. The first kappa shape index (κ1) is 13.9. The van der Waals surface area contributed by atoms with Crippen LogP contribution < -0.4 is 15.4 Å². The highest BCUT2D eigenvalue weighted by molar-refractivity contribution is 5.78. The highest BCUT2D eigenvalue weighted by Gasteiger charge is 2.22. The lowest BCUT2D eigenvalue weighted by Gasteiger charge is -2.26. The predicted molar refractivity (Wildman–Crippen MR) is 75.4 cm³/mol. The van der Waals surface area contributed by atoms with Gasteiger partial charge in [0.25, 0.3) is 0 Å². The molecule has 104 valence electrons. The molecule has 1 aliphatic rings. The fourth-order valence-corrected chi connectivity index (χ4v) is 2.42. The number of carbonyl (C=O) groups is 1. The van der Waals surface area contributed by atoms with Crippen LogP contribution in [0.4, 0.5) is 0 Å². The quantitative estimate of drug-likeness (QED) is 0.846. The Morgan fingerprint density at radius 1 is 1.47 bits per heavy atom. The van der Waals surface area contributed by atoms with Gasteiger partial charge in [-0.15, -0.1) is 0 Å². The molecule has 2 unspecified atom stereocenters. The molecule has 1 aromatic rings. The van der Waals surface area contributed by atoms with Crippen LogP contribution >= 0.6 is 0 Å². The van der Waals surface area contributed by atoms with Gasteiger partial charge in [0.15, 0.2) is 0 Å². The van der Waals surface area contributed by atoms with Gasteiger partial charge in [-0.1, -0.05) is 25.1 Å². The minimum absolute atomic E-state index is 0.0000781. The molecule has 0 spiro atoms. The average Bonchev–Trinajstić information content (AvgIpc) is 2.45. The van der Waals surface area contributed by atoms with Crippen LogP contribution in [0.25, 0.3) is 0 Å². The summed E-state index contributed by atoms with van der Waals surface area (Å²) in [6.07, 6.45) is 0.956. The van der Waals surface area contributed by atoms with Gasteiger partial charge in [-0.3, -0.25) is 4.79 Å². The van der Waals surface area contributed by atoms with Crippen LogP contribution in [0.2, 0.25) is 0 Å². The molecule has 2 rings (SSSR count). The molecule has 0 saturated carbocycles. The number of fused-ring (bicyclic) bond motifs is 1. The van der Waals surface area contributed by atoms with Crippen molar-refractivity contribution in [1.29, 1.82) is 0 Å². The van der Waals surface area contributed by atoms with E-state index in [-0.39, 0.29) is 11.8 Å². The zero-order valence-electron chi connectivity index (χ0n) is 11.6. The number of hydrogen-bond donors (Lipinski definition) is 2. The Hall–Kier alpha value is -1.55. The van der Waals surface area contributed by atoms with Crippen molar-refractivity contribution in [2.45, 2.75) is 19.3 Å². The van der Waals surface area contributed by atoms with Gasteiger partial charge < -0.3 is 15.4 Å². The minimum Gasteiger partial charge on any atom is -0.493 e. The van der Waals surface area contributed by atoms with Crippen molar-refractivity contribution in [3.05, 3.63) is 29.8 Å². The van der Waals surface area contributed by atoms with Crippen LogP contribution in [-0.2, 0) is 4.79 Å². The topological polar surface area (TPSA) is 50.4 Å². The first-order valence-electron chi connectivity index (χ1n) is 6.86. The number of carbonyl (C=O) groups excluding carboxylic acids is 1. The van der Waals surface area contributed by atoms with Crippen molar-refractivity contribution in [3.8, 4) is 5.75 Å². The van der Waals surface area contributed by atoms with Gasteiger partial charge in [-0.2, -0.15) is 0 Å². The Kier molecular flexibility index (Phi) is 4.80. The third-order valence-corrected chi connectivity index (χ3v) is 3.56. The lowest BCUT2D eigenvalue weighted by molar-refractivity contribution is -0.124. The van der Waals surface area contributed by atoms with Crippen molar-refractivity contribution in [2.75, 3.05) is 26.7 Å². The first-order valence-corrected chi connectivity index (χ1v) is 6.86. The zero-order valence-corrected chi connectivity index (χ0v) is 11.6. The number of benzene rings is 1. The highest BCUT2D eigenvalue weighted by Crippen LogP contribution is 2.32. The Bertz CT molecular complexity index is 434. The third-order valence-electron chi connectivity index (χ3n) is 3.56. The van der Waals surface area contributed by atoms with Gasteiger partial charge in [-0.25, -0.2) is 0 Å². The van der Waals surface area contributed by atoms with E-state index in [9.17, 15) is 4.79 Å². The normalized spacial score (nSPS) is 19.2. The molecule has 1 aliphatic heterocycles. The molecule has 0 radical (unpaired) electrons. The summed E-state index contributed by atoms with van der Waals surface area (Å²) >= 11 is 0. The van der Waals surface area contributed by atoms with Gasteiger partial charge in [0, 0.05) is 24.9 Å². The molecule has 0 bridgehead atoms. The molecule has 1 amide bonds. The van der Waals surface area contributed by atoms with E-state index in [1.807, 2.05) is 32.2 Å². The number of amides is 1. The molecule has 0 saturated heterocycles. The van der Waals surface area contributed by atoms with E-state index in [1.165, 1.54) is 5.56 Å². The average molecular weight is 262 g/mol. The molecule has 1 aromatic carbocycles. The summed E-state index contributed by atoms with van der Waals surface area (Å²) in [5.74, 6) is 1.42. The Balaban J connectivity index is 1.92. The predicted octanol–water partition coefficient (Wildman–Crippen LogP) is 1.52. The van der Waals surface area contributed by atoms with Crippen molar-refractivity contribution in [2.24, 2.45) is 5.92 Å². The monoisotopic (exact) mass is 262 g/mol. The number of para-hydroxylation sites is 1. The van der Waals surface area contributed by atoms with E-state index in [0.717, 1.165) is 18.8 Å². The standard InChI is InChI=1S/C15H22N2O2/c1-11(9-16-2)15(18)17-10-12-7-8-19-14-6-4-3-5-13(12)14/h3-6,11-12,16H,7-10H2,1-2H3,(H,17,18). The summed E-state index contributed by atoms with van der Waals surface area (Å²) in [4.78, 5) is 11.9. The van der Waals surface area contributed by atoms with Crippen LogP contribution in [0.5, 0.6) is 5.75 Å². The van der Waals surface area contributed by atoms with E-state index in [0.29, 0.717) is 19.0 Å². The van der Waals surface area contributed by atoms with Gasteiger partial charge in [0.05, 0.1) is 6.61 Å². The molecule has 0 aromatic heterocycles. The molecule has 4 nitrogen and oxygen atoms in total. The molecule has 4 heteroatoms. The number of nitrogens with one attached hydrogen (secondary N) is 2. The van der Waals surface area contributed by atoms with Crippen molar-refractivity contribution in [1.82, 2.24) is 10.6 Å². The summed E-state index contributed by atoms with van der Waals surface area (Å²) in [5.41, 5.74) is 1.20. The third kappa shape index (κ3) is 3.47. The summed E-state index contributed by atoms with van der Waals surface area (Å²) in [5, 5.41) is 6.06. The fraction of sp³-hybridized carbons (Fsp3) is 0.533. The van der Waals surface area contributed by atoms with E-state index in [2.05, 4.69) is 16.7 Å². The van der Waals surface area contributed by atoms with Crippen LogP contribution in [0.15, 0.2) is 24.3 Å².